The Labute approximate surface area is 164 Å². The summed E-state index contributed by atoms with van der Waals surface area (Å²) in [4.78, 5) is 16.8. The summed E-state index contributed by atoms with van der Waals surface area (Å²) in [7, 11) is 0. The normalized spacial score (nSPS) is 13.2. The number of nitrogens with zero attached hydrogens (tertiary/aromatic N) is 2. The highest BCUT2D eigenvalue weighted by Crippen LogP contribution is 2.25. The molecule has 3 aromatic rings. The van der Waals surface area contributed by atoms with Crippen LogP contribution in [-0.2, 0) is 16.2 Å². The molecular weight excluding hydrogens is 354 g/mol. The number of carboxylic acids is 1. The second kappa shape index (κ2) is 8.44. The van der Waals surface area contributed by atoms with E-state index >= 15 is 0 Å². The molecule has 0 aliphatic rings. The number of carbonyl (C=O) groups is 1. The smallest absolute Gasteiger partial charge is 0.347 e. The molecular formula is C22H27N3O3. The van der Waals surface area contributed by atoms with Crippen molar-refractivity contribution >= 4 is 27.8 Å². The summed E-state index contributed by atoms with van der Waals surface area (Å²) in [6.07, 6.45) is 0.238. The lowest BCUT2D eigenvalue weighted by Gasteiger charge is -2.19. The van der Waals surface area contributed by atoms with Crippen LogP contribution in [0.25, 0.3) is 21.8 Å². The Hall–Kier alpha value is -2.86. The standard InChI is InChI=1S/C22H27N3O3/c1-4-19(22(26)27)28-24-20-16-8-5-6-9-18(16)25(13-7-12-23)21-15(3)14(2)10-11-17(20)21/h5-6,8-11,19H,4,7,12-13,23H2,1-3H3,(H,26,27)/b24-20+. The number of carboxylic acid groups (broad SMARTS) is 1. The number of hydrogen-bond acceptors (Lipinski definition) is 4. The molecule has 0 fully saturated rings. The molecule has 1 aromatic heterocycles. The molecule has 6 heteroatoms. The second-order valence-electron chi connectivity index (χ2n) is 7.00. The van der Waals surface area contributed by atoms with Crippen molar-refractivity contribution in [3.8, 4) is 0 Å². The van der Waals surface area contributed by atoms with Gasteiger partial charge in [-0.2, -0.15) is 0 Å². The van der Waals surface area contributed by atoms with Crippen molar-refractivity contribution in [1.82, 2.24) is 4.57 Å². The summed E-state index contributed by atoms with van der Waals surface area (Å²) < 4.78 is 2.29. The van der Waals surface area contributed by atoms with Crippen molar-refractivity contribution in [2.24, 2.45) is 10.9 Å². The number of aryl methyl sites for hydroxylation is 3. The molecule has 0 bridgehead atoms. The zero-order chi connectivity index (χ0) is 20.3. The number of aromatic nitrogens is 1. The zero-order valence-corrected chi connectivity index (χ0v) is 16.6. The third kappa shape index (κ3) is 3.60. The highest BCUT2D eigenvalue weighted by Gasteiger charge is 2.17. The van der Waals surface area contributed by atoms with Crippen molar-refractivity contribution in [2.45, 2.75) is 46.3 Å². The largest absolute Gasteiger partial charge is 0.478 e. The van der Waals surface area contributed by atoms with Gasteiger partial charge in [0.1, 0.15) is 5.36 Å². The molecule has 1 atom stereocenters. The average molecular weight is 381 g/mol. The van der Waals surface area contributed by atoms with Crippen LogP contribution in [-0.4, -0.2) is 28.3 Å². The number of rotatable bonds is 7. The first-order valence-electron chi connectivity index (χ1n) is 9.63. The predicted molar refractivity (Wildman–Crippen MR) is 111 cm³/mol. The van der Waals surface area contributed by atoms with Crippen LogP contribution in [0.3, 0.4) is 0 Å². The van der Waals surface area contributed by atoms with Crippen LogP contribution in [0, 0.1) is 13.8 Å². The van der Waals surface area contributed by atoms with Gasteiger partial charge >= 0.3 is 5.97 Å². The van der Waals surface area contributed by atoms with Gasteiger partial charge in [-0.25, -0.2) is 4.79 Å². The molecule has 0 saturated heterocycles. The fourth-order valence-electron chi connectivity index (χ4n) is 3.51. The molecule has 0 aliphatic heterocycles. The van der Waals surface area contributed by atoms with Gasteiger partial charge < -0.3 is 20.2 Å². The van der Waals surface area contributed by atoms with Gasteiger partial charge in [-0.15, -0.1) is 0 Å². The number of benzene rings is 2. The monoisotopic (exact) mass is 381 g/mol. The number of hydrogen-bond donors (Lipinski definition) is 2. The van der Waals surface area contributed by atoms with Gasteiger partial charge in [0, 0.05) is 17.3 Å². The van der Waals surface area contributed by atoms with Crippen molar-refractivity contribution in [1.29, 1.82) is 0 Å². The Morgan fingerprint density at radius 2 is 1.96 bits per heavy atom. The van der Waals surface area contributed by atoms with E-state index in [0.717, 1.165) is 34.8 Å². The minimum absolute atomic E-state index is 0.343. The van der Waals surface area contributed by atoms with Gasteiger partial charge in [-0.1, -0.05) is 42.4 Å². The Balaban J connectivity index is 2.40. The van der Waals surface area contributed by atoms with Crippen LogP contribution >= 0.6 is 0 Å². The van der Waals surface area contributed by atoms with E-state index in [2.05, 4.69) is 35.7 Å². The summed E-state index contributed by atoms with van der Waals surface area (Å²) in [5.41, 5.74) is 10.2. The van der Waals surface area contributed by atoms with Crippen LogP contribution < -0.4 is 11.1 Å². The molecule has 0 aliphatic carbocycles. The van der Waals surface area contributed by atoms with E-state index in [9.17, 15) is 9.90 Å². The quantitative estimate of drug-likeness (QED) is 0.484. The molecule has 6 nitrogen and oxygen atoms in total. The molecule has 148 valence electrons. The number of para-hydroxylation sites is 1. The van der Waals surface area contributed by atoms with E-state index < -0.39 is 12.1 Å². The van der Waals surface area contributed by atoms with Gasteiger partial charge in [0.25, 0.3) is 0 Å². The minimum Gasteiger partial charge on any atom is -0.478 e. The summed E-state index contributed by atoms with van der Waals surface area (Å²) in [5.74, 6) is -1.01. The molecule has 0 saturated carbocycles. The highest BCUT2D eigenvalue weighted by atomic mass is 16.6. The van der Waals surface area contributed by atoms with Crippen LogP contribution in [0.1, 0.15) is 30.9 Å². The fraction of sp³-hybridized carbons (Fsp3) is 0.364. The van der Waals surface area contributed by atoms with Crippen LogP contribution in [0.5, 0.6) is 0 Å². The van der Waals surface area contributed by atoms with Crippen molar-refractivity contribution in [3.63, 3.8) is 0 Å². The highest BCUT2D eigenvalue weighted by molar-refractivity contribution is 5.95. The SMILES string of the molecule is CCC(O/N=c1\c2ccccc2n(CCCN)c2c(C)c(C)ccc12)C(=O)O. The molecule has 1 unspecified atom stereocenters. The van der Waals surface area contributed by atoms with Crippen molar-refractivity contribution in [3.05, 3.63) is 52.9 Å². The molecule has 0 radical (unpaired) electrons. The molecule has 28 heavy (non-hydrogen) atoms. The molecule has 0 spiro atoms. The molecule has 0 amide bonds. The molecule has 2 aromatic carbocycles. The van der Waals surface area contributed by atoms with E-state index in [4.69, 9.17) is 10.6 Å². The lowest BCUT2D eigenvalue weighted by Crippen LogP contribution is -2.23. The van der Waals surface area contributed by atoms with Crippen molar-refractivity contribution < 1.29 is 14.7 Å². The van der Waals surface area contributed by atoms with E-state index in [-0.39, 0.29) is 0 Å². The molecule has 3 rings (SSSR count). The van der Waals surface area contributed by atoms with Gasteiger partial charge in [-0.3, -0.25) is 0 Å². The lowest BCUT2D eigenvalue weighted by molar-refractivity contribution is -0.150. The zero-order valence-electron chi connectivity index (χ0n) is 16.6. The summed E-state index contributed by atoms with van der Waals surface area (Å²) in [5, 5.41) is 16.2. The summed E-state index contributed by atoms with van der Waals surface area (Å²) >= 11 is 0. The van der Waals surface area contributed by atoms with Crippen molar-refractivity contribution in [2.75, 3.05) is 6.54 Å². The fourth-order valence-corrected chi connectivity index (χ4v) is 3.51. The Bertz CT molecular complexity index is 1090. The van der Waals surface area contributed by atoms with Crippen LogP contribution in [0.15, 0.2) is 41.6 Å². The van der Waals surface area contributed by atoms with Gasteiger partial charge in [0.2, 0.25) is 6.10 Å². The first-order valence-corrected chi connectivity index (χ1v) is 9.63. The van der Waals surface area contributed by atoms with E-state index in [1.54, 1.807) is 6.92 Å². The topological polar surface area (TPSA) is 89.8 Å². The second-order valence-corrected chi connectivity index (χ2v) is 7.00. The van der Waals surface area contributed by atoms with Gasteiger partial charge in [0.15, 0.2) is 0 Å². The Kier molecular flexibility index (Phi) is 5.99. The maximum atomic E-state index is 11.3. The van der Waals surface area contributed by atoms with E-state index in [1.165, 1.54) is 11.1 Å². The summed E-state index contributed by atoms with van der Waals surface area (Å²) in [6, 6.07) is 12.1. The maximum Gasteiger partial charge on any atom is 0.347 e. The number of pyridine rings is 1. The minimum atomic E-state index is -1.01. The Morgan fingerprint density at radius 3 is 2.64 bits per heavy atom. The van der Waals surface area contributed by atoms with E-state index in [1.807, 2.05) is 24.3 Å². The third-order valence-electron chi connectivity index (χ3n) is 5.18. The van der Waals surface area contributed by atoms with E-state index in [0.29, 0.717) is 18.3 Å². The predicted octanol–water partition coefficient (Wildman–Crippen LogP) is 3.46. The number of nitrogens with two attached hydrogens (primary N) is 1. The molecule has 3 N–H and O–H groups in total. The first kappa shape index (κ1) is 19.9. The van der Waals surface area contributed by atoms with Gasteiger partial charge in [0.05, 0.1) is 11.0 Å². The number of fused-ring (bicyclic) bond motifs is 2. The molecule has 1 heterocycles. The summed E-state index contributed by atoms with van der Waals surface area (Å²) in [6.45, 7) is 7.36. The van der Waals surface area contributed by atoms with Crippen LogP contribution in [0.4, 0.5) is 0 Å². The average Bonchev–Trinajstić information content (AvgIpc) is 2.69. The maximum absolute atomic E-state index is 11.3. The van der Waals surface area contributed by atoms with Crippen LogP contribution in [0.2, 0.25) is 0 Å². The first-order chi connectivity index (χ1) is 13.5. The third-order valence-corrected chi connectivity index (χ3v) is 5.18. The number of aliphatic carboxylic acids is 1. The van der Waals surface area contributed by atoms with Gasteiger partial charge in [-0.05, 0) is 50.4 Å². The lowest BCUT2D eigenvalue weighted by atomic mass is 10.0. The Morgan fingerprint density at radius 1 is 1.21 bits per heavy atom.